The van der Waals surface area contributed by atoms with E-state index >= 15 is 0 Å². The molecule has 5 heteroatoms. The Morgan fingerprint density at radius 2 is 2.29 bits per heavy atom. The van der Waals surface area contributed by atoms with Crippen LogP contribution in [0.15, 0.2) is 21.6 Å². The minimum atomic E-state index is -1.18. The summed E-state index contributed by atoms with van der Waals surface area (Å²) in [6.07, 6.45) is 2.25. The van der Waals surface area contributed by atoms with Crippen LogP contribution in [0.25, 0.3) is 0 Å². The monoisotopic (exact) mass is 214 g/mol. The Kier molecular flexibility index (Phi) is 2.41. The fourth-order valence-corrected chi connectivity index (χ4v) is 2.47. The molecule has 1 atom stereocenters. The molecule has 1 saturated carbocycles. The molecule has 0 aromatic carbocycles. The highest BCUT2D eigenvalue weighted by Crippen LogP contribution is 2.31. The van der Waals surface area contributed by atoms with Crippen molar-refractivity contribution in [3.63, 3.8) is 0 Å². The quantitative estimate of drug-likeness (QED) is 0.824. The molecule has 1 heterocycles. The lowest BCUT2D eigenvalue weighted by molar-refractivity contribution is 0.0656. The molecule has 1 aliphatic rings. The molecule has 0 spiro atoms. The standard InChI is InChI=1S/C9H10O4S/c10-9(11)7-3-4-8(13-7)14(12)5-6-1-2-6/h3-4,6H,1-2,5H2,(H,10,11). The van der Waals surface area contributed by atoms with Crippen molar-refractivity contribution < 1.29 is 18.5 Å². The summed E-state index contributed by atoms with van der Waals surface area (Å²) >= 11 is 0. The summed E-state index contributed by atoms with van der Waals surface area (Å²) in [5, 5.41) is 8.85. The van der Waals surface area contributed by atoms with E-state index in [-0.39, 0.29) is 10.9 Å². The minimum Gasteiger partial charge on any atom is -0.475 e. The highest BCUT2D eigenvalue weighted by Gasteiger charge is 2.25. The lowest BCUT2D eigenvalue weighted by Gasteiger charge is -1.94. The van der Waals surface area contributed by atoms with E-state index in [1.165, 1.54) is 12.1 Å². The highest BCUT2D eigenvalue weighted by atomic mass is 32.2. The second-order valence-corrected chi connectivity index (χ2v) is 4.81. The Bertz CT molecular complexity index is 378. The van der Waals surface area contributed by atoms with Gasteiger partial charge in [-0.05, 0) is 30.9 Å². The largest absolute Gasteiger partial charge is 0.475 e. The smallest absolute Gasteiger partial charge is 0.371 e. The number of aromatic carboxylic acids is 1. The number of furan rings is 1. The molecule has 1 fully saturated rings. The molecule has 14 heavy (non-hydrogen) atoms. The molecule has 1 aromatic rings. The molecule has 0 amide bonds. The Balaban J connectivity index is 2.07. The Morgan fingerprint density at radius 1 is 1.57 bits per heavy atom. The van der Waals surface area contributed by atoms with E-state index < -0.39 is 16.8 Å². The maximum Gasteiger partial charge on any atom is 0.371 e. The van der Waals surface area contributed by atoms with E-state index in [0.717, 1.165) is 12.8 Å². The first kappa shape index (κ1) is 9.45. The third kappa shape index (κ3) is 2.04. The van der Waals surface area contributed by atoms with Crippen molar-refractivity contribution in [1.29, 1.82) is 0 Å². The number of hydrogen-bond donors (Lipinski definition) is 1. The lowest BCUT2D eigenvalue weighted by atomic mass is 10.5. The number of hydrogen-bond acceptors (Lipinski definition) is 3. The van der Waals surface area contributed by atoms with Crippen LogP contribution < -0.4 is 0 Å². The van der Waals surface area contributed by atoms with Gasteiger partial charge in [-0.25, -0.2) is 4.79 Å². The minimum absolute atomic E-state index is 0.149. The van der Waals surface area contributed by atoms with E-state index in [0.29, 0.717) is 11.7 Å². The first-order chi connectivity index (χ1) is 6.66. The zero-order valence-corrected chi connectivity index (χ0v) is 8.25. The van der Waals surface area contributed by atoms with Gasteiger partial charge in [0.15, 0.2) is 5.09 Å². The molecule has 0 saturated heterocycles. The van der Waals surface area contributed by atoms with E-state index in [2.05, 4.69) is 0 Å². The Morgan fingerprint density at radius 3 is 2.79 bits per heavy atom. The predicted octanol–water partition coefficient (Wildman–Crippen LogP) is 1.50. The van der Waals surface area contributed by atoms with Crippen molar-refractivity contribution in [2.75, 3.05) is 5.75 Å². The van der Waals surface area contributed by atoms with Crippen molar-refractivity contribution in [2.45, 2.75) is 17.9 Å². The van der Waals surface area contributed by atoms with Crippen molar-refractivity contribution in [3.8, 4) is 0 Å². The van der Waals surface area contributed by atoms with Crippen LogP contribution in [0.1, 0.15) is 23.4 Å². The van der Waals surface area contributed by atoms with E-state index in [1.807, 2.05) is 0 Å². The van der Waals surface area contributed by atoms with E-state index in [9.17, 15) is 9.00 Å². The van der Waals surface area contributed by atoms with Gasteiger partial charge in [-0.3, -0.25) is 4.21 Å². The first-order valence-electron chi connectivity index (χ1n) is 4.38. The molecule has 0 aliphatic heterocycles. The van der Waals surface area contributed by atoms with Gasteiger partial charge in [-0.2, -0.15) is 0 Å². The summed E-state index contributed by atoms with van der Waals surface area (Å²) in [7, 11) is -1.18. The third-order valence-corrected chi connectivity index (χ3v) is 3.54. The number of carboxylic acid groups (broad SMARTS) is 1. The highest BCUT2D eigenvalue weighted by molar-refractivity contribution is 7.84. The van der Waals surface area contributed by atoms with Gasteiger partial charge in [-0.15, -0.1) is 0 Å². The van der Waals surface area contributed by atoms with Crippen LogP contribution in [0.2, 0.25) is 0 Å². The van der Waals surface area contributed by atoms with Crippen LogP contribution in [0.5, 0.6) is 0 Å². The third-order valence-electron chi connectivity index (χ3n) is 2.10. The van der Waals surface area contributed by atoms with Gasteiger partial charge in [0.2, 0.25) is 5.76 Å². The summed E-state index contributed by atoms with van der Waals surface area (Å²) in [5.41, 5.74) is 0. The first-order valence-corrected chi connectivity index (χ1v) is 5.70. The van der Waals surface area contributed by atoms with Gasteiger partial charge in [-0.1, -0.05) is 0 Å². The fraction of sp³-hybridized carbons (Fsp3) is 0.444. The van der Waals surface area contributed by atoms with Crippen molar-refractivity contribution in [3.05, 3.63) is 17.9 Å². The van der Waals surface area contributed by atoms with Crippen LogP contribution in [0.4, 0.5) is 0 Å². The van der Waals surface area contributed by atoms with Crippen LogP contribution >= 0.6 is 0 Å². The van der Waals surface area contributed by atoms with Crippen molar-refractivity contribution in [1.82, 2.24) is 0 Å². The molecule has 1 aliphatic carbocycles. The predicted molar refractivity (Wildman–Crippen MR) is 49.7 cm³/mol. The normalized spacial score (nSPS) is 18.0. The topological polar surface area (TPSA) is 67.5 Å². The van der Waals surface area contributed by atoms with Gasteiger partial charge in [0.05, 0.1) is 10.8 Å². The number of rotatable bonds is 4. The summed E-state index contributed by atoms with van der Waals surface area (Å²) < 4.78 is 16.5. The van der Waals surface area contributed by atoms with Gasteiger partial charge >= 0.3 is 5.97 Å². The molecule has 0 bridgehead atoms. The Hall–Kier alpha value is -1.10. The Labute approximate surface area is 83.4 Å². The second-order valence-electron chi connectivity index (χ2n) is 3.38. The zero-order chi connectivity index (χ0) is 10.1. The number of carbonyl (C=O) groups is 1. The second kappa shape index (κ2) is 3.57. The maximum absolute atomic E-state index is 11.6. The van der Waals surface area contributed by atoms with E-state index in [1.54, 1.807) is 0 Å². The maximum atomic E-state index is 11.6. The average Bonchev–Trinajstić information content (AvgIpc) is 2.81. The molecule has 2 rings (SSSR count). The molecule has 1 aromatic heterocycles. The summed E-state index contributed by atoms with van der Waals surface area (Å²) in [6.45, 7) is 0. The van der Waals surface area contributed by atoms with Crippen LogP contribution in [-0.4, -0.2) is 21.0 Å². The summed E-state index contributed by atoms with van der Waals surface area (Å²) in [5.74, 6) is -0.148. The molecular formula is C9H10O4S. The fourth-order valence-electron chi connectivity index (χ4n) is 1.14. The SMILES string of the molecule is O=C(O)c1ccc(S(=O)CC2CC2)o1. The average molecular weight is 214 g/mol. The van der Waals surface area contributed by atoms with Gasteiger partial charge in [0, 0.05) is 5.75 Å². The van der Waals surface area contributed by atoms with Gasteiger partial charge in [0.25, 0.3) is 0 Å². The van der Waals surface area contributed by atoms with Crippen LogP contribution in [0, 0.1) is 5.92 Å². The van der Waals surface area contributed by atoms with Crippen molar-refractivity contribution >= 4 is 16.8 Å². The van der Waals surface area contributed by atoms with Crippen LogP contribution in [-0.2, 0) is 10.8 Å². The van der Waals surface area contributed by atoms with Crippen LogP contribution in [0.3, 0.4) is 0 Å². The molecule has 4 nitrogen and oxygen atoms in total. The number of carboxylic acids is 1. The summed E-state index contributed by atoms with van der Waals surface area (Å²) in [6, 6.07) is 2.81. The zero-order valence-electron chi connectivity index (χ0n) is 7.43. The molecular weight excluding hydrogens is 204 g/mol. The molecule has 0 radical (unpaired) electrons. The van der Waals surface area contributed by atoms with Crippen molar-refractivity contribution in [2.24, 2.45) is 5.92 Å². The lowest BCUT2D eigenvalue weighted by Crippen LogP contribution is -1.98. The van der Waals surface area contributed by atoms with E-state index in [4.69, 9.17) is 9.52 Å². The van der Waals surface area contributed by atoms with Gasteiger partial charge < -0.3 is 9.52 Å². The molecule has 76 valence electrons. The summed E-state index contributed by atoms with van der Waals surface area (Å²) in [4.78, 5) is 10.5. The molecule has 1 N–H and O–H groups in total. The molecule has 1 unspecified atom stereocenters. The van der Waals surface area contributed by atoms with Gasteiger partial charge in [0.1, 0.15) is 0 Å².